The maximum absolute atomic E-state index is 11.0. The van der Waals surface area contributed by atoms with E-state index in [4.69, 9.17) is 16.7 Å². The molecule has 3 nitrogen and oxygen atoms in total. The van der Waals surface area contributed by atoms with Gasteiger partial charge in [-0.15, -0.1) is 11.3 Å². The Balaban J connectivity index is 2.36. The smallest absolute Gasteiger partial charge is 0.310 e. The van der Waals surface area contributed by atoms with Crippen LogP contribution >= 0.6 is 22.9 Å². The number of thiazole rings is 1. The van der Waals surface area contributed by atoms with E-state index in [0.717, 1.165) is 22.7 Å². The maximum Gasteiger partial charge on any atom is 0.310 e. The van der Waals surface area contributed by atoms with Gasteiger partial charge in [-0.25, -0.2) is 4.98 Å². The molecule has 0 radical (unpaired) electrons. The summed E-state index contributed by atoms with van der Waals surface area (Å²) < 4.78 is 0. The van der Waals surface area contributed by atoms with Crippen LogP contribution in [0.1, 0.15) is 31.0 Å². The standard InChI is InChI=1S/C14H14ClNO2S/c1-3-10-7-19-13(16-10)11-5-4-9(6-12(11)15)8(2)14(17)18/h4-8H,3H2,1-2H3,(H,17,18). The highest BCUT2D eigenvalue weighted by molar-refractivity contribution is 7.13. The van der Waals surface area contributed by atoms with Crippen LogP contribution in [-0.4, -0.2) is 16.1 Å². The van der Waals surface area contributed by atoms with E-state index in [1.54, 1.807) is 30.4 Å². The molecule has 1 unspecified atom stereocenters. The Morgan fingerprint density at radius 2 is 2.26 bits per heavy atom. The molecule has 1 N–H and O–H groups in total. The summed E-state index contributed by atoms with van der Waals surface area (Å²) in [4.78, 5) is 15.4. The Hall–Kier alpha value is -1.39. The van der Waals surface area contributed by atoms with E-state index in [-0.39, 0.29) is 0 Å². The van der Waals surface area contributed by atoms with Gasteiger partial charge in [-0.3, -0.25) is 4.79 Å². The molecule has 2 aromatic rings. The summed E-state index contributed by atoms with van der Waals surface area (Å²) in [5, 5.41) is 12.4. The summed E-state index contributed by atoms with van der Waals surface area (Å²) in [7, 11) is 0. The molecule has 0 fully saturated rings. The molecule has 0 saturated heterocycles. The third-order valence-electron chi connectivity index (χ3n) is 3.01. The minimum Gasteiger partial charge on any atom is -0.481 e. The predicted octanol–water partition coefficient (Wildman–Crippen LogP) is 4.21. The molecule has 0 aliphatic rings. The molecular formula is C14H14ClNO2S. The molecule has 0 aliphatic heterocycles. The van der Waals surface area contributed by atoms with E-state index >= 15 is 0 Å². The van der Waals surface area contributed by atoms with Gasteiger partial charge in [-0.05, 0) is 25.0 Å². The van der Waals surface area contributed by atoms with Gasteiger partial charge < -0.3 is 5.11 Å². The summed E-state index contributed by atoms with van der Waals surface area (Å²) in [6.45, 7) is 3.70. The van der Waals surface area contributed by atoms with Crippen molar-refractivity contribution in [2.24, 2.45) is 0 Å². The minimum absolute atomic E-state index is 0.544. The number of hydrogen-bond donors (Lipinski definition) is 1. The van der Waals surface area contributed by atoms with Gasteiger partial charge in [0.05, 0.1) is 16.6 Å². The zero-order valence-electron chi connectivity index (χ0n) is 10.7. The number of carboxylic acids is 1. The van der Waals surface area contributed by atoms with Crippen LogP contribution in [0.25, 0.3) is 10.6 Å². The third-order valence-corrected chi connectivity index (χ3v) is 4.25. The first-order valence-electron chi connectivity index (χ1n) is 6.00. The number of rotatable bonds is 4. The summed E-state index contributed by atoms with van der Waals surface area (Å²) in [6, 6.07) is 5.35. The molecule has 1 aromatic carbocycles. The number of carboxylic acid groups (broad SMARTS) is 1. The fourth-order valence-electron chi connectivity index (χ4n) is 1.71. The van der Waals surface area contributed by atoms with Crippen LogP contribution in [0, 0.1) is 0 Å². The number of aliphatic carboxylic acids is 1. The van der Waals surface area contributed by atoms with Gasteiger partial charge in [0, 0.05) is 10.9 Å². The van der Waals surface area contributed by atoms with Gasteiger partial charge in [0.15, 0.2) is 0 Å². The van der Waals surface area contributed by atoms with Crippen molar-refractivity contribution in [2.75, 3.05) is 0 Å². The molecule has 1 heterocycles. The first kappa shape index (κ1) is 14.0. The monoisotopic (exact) mass is 295 g/mol. The van der Waals surface area contributed by atoms with E-state index in [1.165, 1.54) is 0 Å². The minimum atomic E-state index is -0.855. The van der Waals surface area contributed by atoms with Crippen molar-refractivity contribution in [1.82, 2.24) is 4.98 Å². The van der Waals surface area contributed by atoms with Gasteiger partial charge in [-0.2, -0.15) is 0 Å². The molecule has 5 heteroatoms. The van der Waals surface area contributed by atoms with Crippen LogP contribution in [0.4, 0.5) is 0 Å². The van der Waals surface area contributed by atoms with Gasteiger partial charge in [0.2, 0.25) is 0 Å². The molecule has 2 rings (SSSR count). The van der Waals surface area contributed by atoms with Gasteiger partial charge >= 0.3 is 5.97 Å². The van der Waals surface area contributed by atoms with E-state index < -0.39 is 11.9 Å². The van der Waals surface area contributed by atoms with Crippen LogP contribution in [-0.2, 0) is 11.2 Å². The van der Waals surface area contributed by atoms with Crippen LogP contribution in [0.3, 0.4) is 0 Å². The van der Waals surface area contributed by atoms with Crippen molar-refractivity contribution in [3.63, 3.8) is 0 Å². The van der Waals surface area contributed by atoms with Crippen LogP contribution < -0.4 is 0 Å². The summed E-state index contributed by atoms with van der Waals surface area (Å²) in [5.41, 5.74) is 2.60. The number of carbonyl (C=O) groups is 1. The topological polar surface area (TPSA) is 50.2 Å². The summed E-state index contributed by atoms with van der Waals surface area (Å²) in [6.07, 6.45) is 0.891. The van der Waals surface area contributed by atoms with Crippen molar-refractivity contribution in [3.05, 3.63) is 39.9 Å². The van der Waals surface area contributed by atoms with Crippen molar-refractivity contribution in [1.29, 1.82) is 0 Å². The Morgan fingerprint density at radius 3 is 2.79 bits per heavy atom. The second-order valence-electron chi connectivity index (χ2n) is 4.30. The lowest BCUT2D eigenvalue weighted by Crippen LogP contribution is -2.07. The molecule has 0 bridgehead atoms. The van der Waals surface area contributed by atoms with Crippen molar-refractivity contribution in [3.8, 4) is 10.6 Å². The molecular weight excluding hydrogens is 282 g/mol. The summed E-state index contributed by atoms with van der Waals surface area (Å²) >= 11 is 7.79. The van der Waals surface area contributed by atoms with Gasteiger partial charge in [0.25, 0.3) is 0 Å². The van der Waals surface area contributed by atoms with E-state index in [1.807, 2.05) is 11.4 Å². The van der Waals surface area contributed by atoms with Crippen LogP contribution in [0.2, 0.25) is 5.02 Å². The van der Waals surface area contributed by atoms with Crippen molar-refractivity contribution < 1.29 is 9.90 Å². The summed E-state index contributed by atoms with van der Waals surface area (Å²) in [5.74, 6) is -1.42. The molecule has 100 valence electrons. The average molecular weight is 296 g/mol. The number of benzene rings is 1. The number of nitrogens with zero attached hydrogens (tertiary/aromatic N) is 1. The zero-order chi connectivity index (χ0) is 14.0. The highest BCUT2D eigenvalue weighted by Crippen LogP contribution is 2.32. The fourth-order valence-corrected chi connectivity index (χ4v) is 2.99. The molecule has 0 spiro atoms. The lowest BCUT2D eigenvalue weighted by Gasteiger charge is -2.08. The van der Waals surface area contributed by atoms with E-state index in [0.29, 0.717) is 10.6 Å². The van der Waals surface area contributed by atoms with Gasteiger partial charge in [-0.1, -0.05) is 30.7 Å². The zero-order valence-corrected chi connectivity index (χ0v) is 12.3. The third kappa shape index (κ3) is 2.96. The number of hydrogen-bond acceptors (Lipinski definition) is 3. The molecule has 0 aliphatic carbocycles. The number of aromatic nitrogens is 1. The lowest BCUT2D eigenvalue weighted by molar-refractivity contribution is -0.138. The molecule has 0 amide bonds. The lowest BCUT2D eigenvalue weighted by atomic mass is 10.00. The largest absolute Gasteiger partial charge is 0.481 e. The second kappa shape index (κ2) is 5.72. The number of aryl methyl sites for hydroxylation is 1. The maximum atomic E-state index is 11.0. The van der Waals surface area contributed by atoms with Crippen molar-refractivity contribution >= 4 is 28.9 Å². The Kier molecular flexibility index (Phi) is 4.22. The molecule has 1 atom stereocenters. The average Bonchev–Trinajstić information content (AvgIpc) is 2.86. The van der Waals surface area contributed by atoms with Crippen molar-refractivity contribution in [2.45, 2.75) is 26.2 Å². The Bertz CT molecular complexity index is 609. The first-order chi connectivity index (χ1) is 9.02. The highest BCUT2D eigenvalue weighted by atomic mass is 35.5. The van der Waals surface area contributed by atoms with E-state index in [2.05, 4.69) is 11.9 Å². The van der Waals surface area contributed by atoms with E-state index in [9.17, 15) is 4.79 Å². The first-order valence-corrected chi connectivity index (χ1v) is 7.25. The highest BCUT2D eigenvalue weighted by Gasteiger charge is 2.16. The second-order valence-corrected chi connectivity index (χ2v) is 5.56. The Morgan fingerprint density at radius 1 is 1.53 bits per heavy atom. The van der Waals surface area contributed by atoms with Crippen LogP contribution in [0.5, 0.6) is 0 Å². The van der Waals surface area contributed by atoms with Crippen LogP contribution in [0.15, 0.2) is 23.6 Å². The molecule has 1 aromatic heterocycles. The quantitative estimate of drug-likeness (QED) is 0.919. The SMILES string of the molecule is CCc1csc(-c2ccc(C(C)C(=O)O)cc2Cl)n1. The molecule has 19 heavy (non-hydrogen) atoms. The molecule has 0 saturated carbocycles. The number of halogens is 1. The normalized spacial score (nSPS) is 12.4. The fraction of sp³-hybridized carbons (Fsp3) is 0.286. The predicted molar refractivity (Wildman–Crippen MR) is 78.0 cm³/mol. The van der Waals surface area contributed by atoms with Gasteiger partial charge in [0.1, 0.15) is 5.01 Å². The Labute approximate surface area is 120 Å².